The number of hydrogen-bond donors (Lipinski definition) is 8. The Bertz CT molecular complexity index is 1350. The van der Waals surface area contributed by atoms with Crippen molar-refractivity contribution in [2.75, 3.05) is 6.61 Å². The van der Waals surface area contributed by atoms with Crippen molar-refractivity contribution in [3.63, 3.8) is 0 Å². The summed E-state index contributed by atoms with van der Waals surface area (Å²) in [6, 6.07) is 0. The normalized spacial score (nSPS) is 54.4. The fourth-order valence-electron chi connectivity index (χ4n) is 12.1. The summed E-state index contributed by atoms with van der Waals surface area (Å²) >= 11 is 0. The van der Waals surface area contributed by atoms with Crippen molar-refractivity contribution in [1.82, 2.24) is 0 Å². The summed E-state index contributed by atoms with van der Waals surface area (Å²) in [4.78, 5) is 27.2. The van der Waals surface area contributed by atoms with Crippen molar-refractivity contribution in [2.24, 2.45) is 50.2 Å². The number of hydrogen-bond acceptors (Lipinski definition) is 11. The molecular formula is C36H56O12. The zero-order valence-electron chi connectivity index (χ0n) is 29.0. The van der Waals surface area contributed by atoms with Crippen LogP contribution in [0.15, 0.2) is 11.6 Å². The highest BCUT2D eigenvalue weighted by atomic mass is 16.7. The lowest BCUT2D eigenvalue weighted by Crippen LogP contribution is -2.69. The highest BCUT2D eigenvalue weighted by Gasteiger charge is 2.73. The van der Waals surface area contributed by atoms with Gasteiger partial charge in [-0.25, -0.2) is 0 Å². The van der Waals surface area contributed by atoms with Crippen LogP contribution in [0.5, 0.6) is 0 Å². The summed E-state index contributed by atoms with van der Waals surface area (Å²) in [6.45, 7) is 11.4. The molecule has 0 spiro atoms. The Hall–Kier alpha value is -1.64. The van der Waals surface area contributed by atoms with Crippen LogP contribution in [0, 0.1) is 50.2 Å². The second-order valence-corrected chi connectivity index (χ2v) is 17.8. The first-order valence-electron chi connectivity index (χ1n) is 17.7. The van der Waals surface area contributed by atoms with Gasteiger partial charge in [0.2, 0.25) is 6.29 Å². The zero-order valence-corrected chi connectivity index (χ0v) is 29.0. The Morgan fingerprint density at radius 2 is 1.50 bits per heavy atom. The third kappa shape index (κ3) is 4.55. The van der Waals surface area contributed by atoms with E-state index < -0.39 is 106 Å². The highest BCUT2D eigenvalue weighted by molar-refractivity contribution is 5.79. The summed E-state index contributed by atoms with van der Waals surface area (Å²) in [5.74, 6) is -2.82. The molecule has 4 unspecified atom stereocenters. The van der Waals surface area contributed by atoms with Crippen molar-refractivity contribution < 1.29 is 59.9 Å². The van der Waals surface area contributed by atoms with Gasteiger partial charge in [0.1, 0.15) is 24.4 Å². The van der Waals surface area contributed by atoms with Crippen molar-refractivity contribution >= 4 is 11.9 Å². The van der Waals surface area contributed by atoms with Crippen LogP contribution in [-0.4, -0.2) is 108 Å². The summed E-state index contributed by atoms with van der Waals surface area (Å²) in [5, 5.41) is 85.7. The SMILES string of the molecule is CC1(C)CC[C@]2(C(=O)O[C@H]3OC(CO)[C@H](O)[C@@H](O)C3O)CC[C@]3(C)C(=CCC4[C@@]5(C)C[C@@H](O)[C@H](O)[C@](C)(C(=O)O)C5CC[C@]43C)[C@@H]2[C@@H]1O. The number of rotatable bonds is 4. The molecular weight excluding hydrogens is 624 g/mol. The molecule has 0 amide bonds. The molecule has 16 atom stereocenters. The number of allylic oxidation sites excluding steroid dienone is 1. The predicted octanol–water partition coefficient (Wildman–Crippen LogP) is 1.50. The van der Waals surface area contributed by atoms with Gasteiger partial charge < -0.3 is 50.3 Å². The van der Waals surface area contributed by atoms with Gasteiger partial charge in [-0.05, 0) is 91.8 Å². The van der Waals surface area contributed by atoms with E-state index in [1.165, 1.54) is 0 Å². The minimum Gasteiger partial charge on any atom is -0.481 e. The predicted molar refractivity (Wildman–Crippen MR) is 170 cm³/mol. The maximum Gasteiger partial charge on any atom is 0.315 e. The highest BCUT2D eigenvalue weighted by Crippen LogP contribution is 2.76. The van der Waals surface area contributed by atoms with Gasteiger partial charge in [-0.15, -0.1) is 0 Å². The second-order valence-electron chi connectivity index (χ2n) is 17.8. The fraction of sp³-hybridized carbons (Fsp3) is 0.889. The summed E-state index contributed by atoms with van der Waals surface area (Å²) in [7, 11) is 0. The molecule has 0 aromatic heterocycles. The largest absolute Gasteiger partial charge is 0.481 e. The van der Waals surface area contributed by atoms with Gasteiger partial charge in [-0.2, -0.15) is 0 Å². The molecule has 272 valence electrons. The standard InChI is InChI=1S/C36H56O12/c1-31(2)11-13-36(30(46)48-28-25(41)24(40)23(39)19(16-37)47-28)14-12-33(4)17(22(36)27(31)43)7-8-20-32(3)15-18(38)26(42)35(6,29(44)45)21(32)9-10-34(20,33)5/h7,18-28,37-43H,8-16H2,1-6H3,(H,44,45)/t18-,19?,20?,21?,22-,23+,24-,25?,26+,27+,28-,32-,33-,34-,35-,36+/m1/s1. The summed E-state index contributed by atoms with van der Waals surface area (Å²) in [6.07, 6.45) is -5.35. The van der Waals surface area contributed by atoms with Gasteiger partial charge >= 0.3 is 11.9 Å². The van der Waals surface area contributed by atoms with E-state index in [0.717, 1.165) is 5.57 Å². The fourth-order valence-corrected chi connectivity index (χ4v) is 12.1. The van der Waals surface area contributed by atoms with Crippen molar-refractivity contribution in [3.05, 3.63) is 11.6 Å². The van der Waals surface area contributed by atoms with Crippen molar-refractivity contribution in [3.8, 4) is 0 Å². The smallest absolute Gasteiger partial charge is 0.315 e. The monoisotopic (exact) mass is 680 g/mol. The number of carbonyl (C=O) groups excluding carboxylic acids is 1. The van der Waals surface area contributed by atoms with E-state index >= 15 is 0 Å². The number of carboxylic acid groups (broad SMARTS) is 1. The van der Waals surface area contributed by atoms with E-state index in [1.54, 1.807) is 6.92 Å². The van der Waals surface area contributed by atoms with Crippen molar-refractivity contribution in [1.29, 1.82) is 0 Å². The second kappa shape index (κ2) is 11.4. The molecule has 8 N–H and O–H groups in total. The maximum atomic E-state index is 14.4. The van der Waals surface area contributed by atoms with Crippen LogP contribution in [0.4, 0.5) is 0 Å². The first kappa shape index (κ1) is 36.2. The molecule has 0 bridgehead atoms. The number of ether oxygens (including phenoxy) is 2. The van der Waals surface area contributed by atoms with Gasteiger partial charge in [-0.3, -0.25) is 9.59 Å². The molecule has 1 aliphatic heterocycles. The topological polar surface area (TPSA) is 214 Å². The Balaban J connectivity index is 1.40. The van der Waals surface area contributed by atoms with Crippen LogP contribution in [-0.2, 0) is 19.1 Å². The zero-order chi connectivity index (χ0) is 35.6. The molecule has 1 heterocycles. The quantitative estimate of drug-likeness (QED) is 0.157. The first-order valence-corrected chi connectivity index (χ1v) is 17.7. The van der Waals surface area contributed by atoms with Gasteiger partial charge in [0.15, 0.2) is 0 Å². The lowest BCUT2D eigenvalue weighted by atomic mass is 9.33. The molecule has 0 aromatic rings. The average Bonchev–Trinajstić information content (AvgIpc) is 3.02. The molecule has 1 saturated heterocycles. The molecule has 12 nitrogen and oxygen atoms in total. The molecule has 4 saturated carbocycles. The number of aliphatic hydroxyl groups is 7. The molecule has 5 fully saturated rings. The van der Waals surface area contributed by atoms with E-state index in [-0.39, 0.29) is 18.3 Å². The Morgan fingerprint density at radius 3 is 2.12 bits per heavy atom. The molecule has 0 aromatic carbocycles. The lowest BCUT2D eigenvalue weighted by Gasteiger charge is -2.71. The molecule has 5 aliphatic carbocycles. The van der Waals surface area contributed by atoms with Gasteiger partial charge in [0.25, 0.3) is 0 Å². The van der Waals surface area contributed by atoms with Crippen LogP contribution in [0.2, 0.25) is 0 Å². The Kier molecular flexibility index (Phi) is 8.61. The minimum atomic E-state index is -1.74. The molecule has 48 heavy (non-hydrogen) atoms. The van der Waals surface area contributed by atoms with Gasteiger partial charge in [-0.1, -0.05) is 46.3 Å². The van der Waals surface area contributed by atoms with E-state index in [2.05, 4.69) is 26.8 Å². The maximum absolute atomic E-state index is 14.4. The number of aliphatic hydroxyl groups excluding tert-OH is 7. The number of fused-ring (bicyclic) bond motifs is 7. The van der Waals surface area contributed by atoms with E-state index in [1.807, 2.05) is 13.8 Å². The molecule has 6 rings (SSSR count). The number of aliphatic carboxylic acids is 1. The third-order valence-corrected chi connectivity index (χ3v) is 15.4. The minimum absolute atomic E-state index is 0.0411. The van der Waals surface area contributed by atoms with Gasteiger partial charge in [0, 0.05) is 5.92 Å². The molecule has 12 heteroatoms. The number of esters is 1. The average molecular weight is 681 g/mol. The number of carboxylic acids is 1. The van der Waals surface area contributed by atoms with Crippen LogP contribution >= 0.6 is 0 Å². The third-order valence-electron chi connectivity index (χ3n) is 15.4. The summed E-state index contributed by atoms with van der Waals surface area (Å²) in [5.41, 5.74) is -3.75. The lowest BCUT2D eigenvalue weighted by molar-refractivity contribution is -0.298. The first-order chi connectivity index (χ1) is 22.2. The molecule has 0 radical (unpaired) electrons. The number of carbonyl (C=O) groups is 2. The van der Waals surface area contributed by atoms with E-state index in [9.17, 15) is 50.4 Å². The summed E-state index contributed by atoms with van der Waals surface area (Å²) < 4.78 is 11.4. The van der Waals surface area contributed by atoms with Crippen molar-refractivity contribution in [2.45, 2.75) is 142 Å². The van der Waals surface area contributed by atoms with Crippen LogP contribution in [0.3, 0.4) is 0 Å². The van der Waals surface area contributed by atoms with Crippen LogP contribution < -0.4 is 0 Å². The van der Waals surface area contributed by atoms with E-state index in [0.29, 0.717) is 44.9 Å². The Morgan fingerprint density at radius 1 is 0.854 bits per heavy atom. The van der Waals surface area contributed by atoms with Crippen LogP contribution in [0.1, 0.15) is 92.9 Å². The van der Waals surface area contributed by atoms with Crippen LogP contribution in [0.25, 0.3) is 0 Å². The van der Waals surface area contributed by atoms with E-state index in [4.69, 9.17) is 9.47 Å². The Labute approximate surface area is 282 Å². The van der Waals surface area contributed by atoms with Gasteiger partial charge in [0.05, 0.1) is 35.7 Å². The molecule has 6 aliphatic rings.